The summed E-state index contributed by atoms with van der Waals surface area (Å²) < 4.78 is 18.9. The van der Waals surface area contributed by atoms with Crippen LogP contribution in [0.4, 0.5) is 9.18 Å². The number of carbonyl (C=O) groups is 2. The summed E-state index contributed by atoms with van der Waals surface area (Å²) in [6, 6.07) is 3.57. The van der Waals surface area contributed by atoms with Crippen molar-refractivity contribution in [2.75, 3.05) is 13.2 Å². The number of amides is 3. The van der Waals surface area contributed by atoms with Gasteiger partial charge in [0.05, 0.1) is 0 Å². The van der Waals surface area contributed by atoms with Gasteiger partial charge in [-0.3, -0.25) is 10.1 Å². The fourth-order valence-electron chi connectivity index (χ4n) is 1.70. The van der Waals surface area contributed by atoms with Crippen molar-refractivity contribution in [1.82, 2.24) is 10.6 Å². The summed E-state index contributed by atoms with van der Waals surface area (Å²) in [6.45, 7) is 4.34. The first kappa shape index (κ1) is 16.9. The van der Waals surface area contributed by atoms with Crippen LogP contribution < -0.4 is 21.1 Å². The topological polar surface area (TPSA) is 93.4 Å². The highest BCUT2D eigenvalue weighted by Gasteiger charge is 2.11. The molecule has 4 N–H and O–H groups in total. The molecule has 0 bridgehead atoms. The Balaban J connectivity index is 2.61. The van der Waals surface area contributed by atoms with E-state index in [-0.39, 0.29) is 11.8 Å². The van der Waals surface area contributed by atoms with Crippen LogP contribution in [0.25, 0.3) is 0 Å². The predicted molar refractivity (Wildman–Crippen MR) is 76.3 cm³/mol. The average Bonchev–Trinajstić information content (AvgIpc) is 2.42. The van der Waals surface area contributed by atoms with Crippen molar-refractivity contribution in [3.63, 3.8) is 0 Å². The van der Waals surface area contributed by atoms with Gasteiger partial charge in [-0.05, 0) is 37.6 Å². The van der Waals surface area contributed by atoms with Crippen molar-refractivity contribution in [3.05, 3.63) is 29.6 Å². The maximum absolute atomic E-state index is 13.9. The van der Waals surface area contributed by atoms with Crippen LogP contribution in [0.3, 0.4) is 0 Å². The summed E-state index contributed by atoms with van der Waals surface area (Å²) in [7, 11) is 0. The highest BCUT2D eigenvalue weighted by atomic mass is 19.1. The number of primary amides is 1. The molecule has 3 amide bonds. The molecular weight excluding hydrogens is 277 g/mol. The summed E-state index contributed by atoms with van der Waals surface area (Å²) >= 11 is 0. The number of hydrogen-bond acceptors (Lipinski definition) is 4. The molecule has 0 aliphatic carbocycles. The van der Waals surface area contributed by atoms with Crippen molar-refractivity contribution in [2.24, 2.45) is 5.73 Å². The third-order valence-electron chi connectivity index (χ3n) is 2.78. The first-order chi connectivity index (χ1) is 9.93. The maximum Gasteiger partial charge on any atom is 0.318 e. The Morgan fingerprint density at radius 2 is 2.14 bits per heavy atom. The standard InChI is InChI=1S/C14H20FN3O3/c1-3-6-17-9(2)10-4-5-12(11(15)7-10)21-8-13(19)18-14(16)20/h4-5,7,9,17H,3,6,8H2,1-2H3,(H3,16,18,19,20). The molecule has 21 heavy (non-hydrogen) atoms. The van der Waals surface area contributed by atoms with E-state index in [4.69, 9.17) is 10.5 Å². The van der Waals surface area contributed by atoms with Crippen LogP contribution in [-0.4, -0.2) is 25.1 Å². The SMILES string of the molecule is CCCNC(C)c1ccc(OCC(=O)NC(N)=O)c(F)c1. The van der Waals surface area contributed by atoms with Gasteiger partial charge in [0.15, 0.2) is 18.2 Å². The molecule has 0 saturated carbocycles. The zero-order valence-electron chi connectivity index (χ0n) is 12.1. The Morgan fingerprint density at radius 3 is 2.71 bits per heavy atom. The molecular formula is C14H20FN3O3. The van der Waals surface area contributed by atoms with Crippen LogP contribution in [0, 0.1) is 5.82 Å². The lowest BCUT2D eigenvalue weighted by Crippen LogP contribution is -2.38. The highest BCUT2D eigenvalue weighted by Crippen LogP contribution is 2.22. The van der Waals surface area contributed by atoms with Gasteiger partial charge in [-0.2, -0.15) is 0 Å². The minimum atomic E-state index is -0.977. The number of urea groups is 1. The molecule has 1 aromatic rings. The van der Waals surface area contributed by atoms with Crippen molar-refractivity contribution >= 4 is 11.9 Å². The fraction of sp³-hybridized carbons (Fsp3) is 0.429. The summed E-state index contributed by atoms with van der Waals surface area (Å²) in [5.41, 5.74) is 5.56. The molecule has 0 radical (unpaired) electrons. The molecule has 1 rings (SSSR count). The normalized spacial score (nSPS) is 11.8. The molecule has 1 unspecified atom stereocenters. The second kappa shape index (κ2) is 8.21. The number of halogens is 1. The van der Waals surface area contributed by atoms with Crippen LogP contribution in [0.5, 0.6) is 5.75 Å². The van der Waals surface area contributed by atoms with Crippen molar-refractivity contribution < 1.29 is 18.7 Å². The Labute approximate surface area is 122 Å². The first-order valence-corrected chi connectivity index (χ1v) is 6.69. The molecule has 1 aromatic carbocycles. The highest BCUT2D eigenvalue weighted by molar-refractivity contribution is 5.94. The van der Waals surface area contributed by atoms with E-state index in [0.717, 1.165) is 18.5 Å². The first-order valence-electron chi connectivity index (χ1n) is 6.69. The van der Waals surface area contributed by atoms with Crippen molar-refractivity contribution in [1.29, 1.82) is 0 Å². The van der Waals surface area contributed by atoms with Crippen LogP contribution in [0.2, 0.25) is 0 Å². The maximum atomic E-state index is 13.9. The van der Waals surface area contributed by atoms with E-state index in [9.17, 15) is 14.0 Å². The lowest BCUT2D eigenvalue weighted by molar-refractivity contribution is -0.121. The van der Waals surface area contributed by atoms with Gasteiger partial charge in [0.25, 0.3) is 5.91 Å². The van der Waals surface area contributed by atoms with Crippen LogP contribution in [0.15, 0.2) is 18.2 Å². The quantitative estimate of drug-likeness (QED) is 0.710. The second-order valence-electron chi connectivity index (χ2n) is 4.57. The molecule has 0 saturated heterocycles. The zero-order valence-corrected chi connectivity index (χ0v) is 12.1. The number of carbonyl (C=O) groups excluding carboxylic acids is 2. The minimum Gasteiger partial charge on any atom is -0.481 e. The molecule has 0 fully saturated rings. The summed E-state index contributed by atoms with van der Waals surface area (Å²) in [4.78, 5) is 21.6. The number of ether oxygens (including phenoxy) is 1. The molecule has 0 aliphatic heterocycles. The summed E-state index contributed by atoms with van der Waals surface area (Å²) in [6.07, 6.45) is 0.989. The Kier molecular flexibility index (Phi) is 6.61. The largest absolute Gasteiger partial charge is 0.481 e. The molecule has 1 atom stereocenters. The van der Waals surface area contributed by atoms with Gasteiger partial charge >= 0.3 is 6.03 Å². The third-order valence-corrected chi connectivity index (χ3v) is 2.78. The monoisotopic (exact) mass is 297 g/mol. The van der Waals surface area contributed by atoms with Crippen LogP contribution in [0.1, 0.15) is 31.9 Å². The number of imide groups is 1. The van der Waals surface area contributed by atoms with E-state index in [1.165, 1.54) is 12.1 Å². The van der Waals surface area contributed by atoms with E-state index < -0.39 is 24.4 Å². The summed E-state index contributed by atoms with van der Waals surface area (Å²) in [5.74, 6) is -1.35. The number of nitrogens with one attached hydrogen (secondary N) is 2. The Morgan fingerprint density at radius 1 is 1.43 bits per heavy atom. The number of hydrogen-bond donors (Lipinski definition) is 3. The zero-order chi connectivity index (χ0) is 15.8. The van der Waals surface area contributed by atoms with Gasteiger partial charge in [0.2, 0.25) is 0 Å². The molecule has 0 spiro atoms. The van der Waals surface area contributed by atoms with Crippen molar-refractivity contribution in [3.8, 4) is 5.75 Å². The van der Waals surface area contributed by atoms with Gasteiger partial charge in [0.1, 0.15) is 0 Å². The number of rotatable bonds is 7. The fourth-order valence-corrected chi connectivity index (χ4v) is 1.70. The van der Waals surface area contributed by atoms with E-state index >= 15 is 0 Å². The van der Waals surface area contributed by atoms with E-state index in [2.05, 4.69) is 5.32 Å². The molecule has 0 heterocycles. The van der Waals surface area contributed by atoms with E-state index in [1.54, 1.807) is 6.07 Å². The number of nitrogens with two attached hydrogens (primary N) is 1. The Bertz CT molecular complexity index is 508. The smallest absolute Gasteiger partial charge is 0.318 e. The van der Waals surface area contributed by atoms with Gasteiger partial charge in [0, 0.05) is 6.04 Å². The second-order valence-corrected chi connectivity index (χ2v) is 4.57. The molecule has 7 heteroatoms. The molecule has 0 aromatic heterocycles. The summed E-state index contributed by atoms with van der Waals surface area (Å²) in [5, 5.41) is 5.07. The third kappa shape index (κ3) is 5.78. The van der Waals surface area contributed by atoms with Crippen LogP contribution >= 0.6 is 0 Å². The van der Waals surface area contributed by atoms with E-state index in [1.807, 2.05) is 19.2 Å². The van der Waals surface area contributed by atoms with Crippen molar-refractivity contribution in [2.45, 2.75) is 26.3 Å². The molecule has 0 aliphatic rings. The van der Waals surface area contributed by atoms with Gasteiger partial charge < -0.3 is 15.8 Å². The molecule has 116 valence electrons. The molecule has 6 nitrogen and oxygen atoms in total. The average molecular weight is 297 g/mol. The van der Waals surface area contributed by atoms with Gasteiger partial charge in [-0.15, -0.1) is 0 Å². The lowest BCUT2D eigenvalue weighted by Gasteiger charge is -2.15. The lowest BCUT2D eigenvalue weighted by atomic mass is 10.1. The predicted octanol–water partition coefficient (Wildman–Crippen LogP) is 1.46. The Hall–Kier alpha value is -2.15. The van der Waals surface area contributed by atoms with Gasteiger partial charge in [-0.25, -0.2) is 9.18 Å². The minimum absolute atomic E-state index is 0.0201. The number of benzene rings is 1. The van der Waals surface area contributed by atoms with Gasteiger partial charge in [-0.1, -0.05) is 13.0 Å². The van der Waals surface area contributed by atoms with Crippen LogP contribution in [-0.2, 0) is 4.79 Å². The van der Waals surface area contributed by atoms with E-state index in [0.29, 0.717) is 0 Å².